The lowest BCUT2D eigenvalue weighted by Crippen LogP contribution is -2.27. The standard InChI is InChI=1S/C12H18Cl2N2S/c1-8(10-5-11(13)17-12(10)14)16-4-3-9(7-16)6-15-2/h5,8-9,15H,3-4,6-7H2,1-2H3. The molecule has 1 aromatic rings. The van der Waals surface area contributed by atoms with E-state index in [1.807, 2.05) is 13.1 Å². The number of halogens is 2. The van der Waals surface area contributed by atoms with Crippen LogP contribution in [0.25, 0.3) is 0 Å². The number of nitrogens with one attached hydrogen (secondary N) is 1. The third kappa shape index (κ3) is 3.15. The highest BCUT2D eigenvalue weighted by Gasteiger charge is 2.27. The maximum absolute atomic E-state index is 6.21. The van der Waals surface area contributed by atoms with Gasteiger partial charge in [-0.05, 0) is 45.5 Å². The third-order valence-electron chi connectivity index (χ3n) is 3.49. The molecule has 0 aromatic carbocycles. The molecule has 96 valence electrons. The first-order valence-corrected chi connectivity index (χ1v) is 7.52. The van der Waals surface area contributed by atoms with E-state index in [9.17, 15) is 0 Å². The van der Waals surface area contributed by atoms with Gasteiger partial charge in [0.2, 0.25) is 0 Å². The maximum atomic E-state index is 6.21. The SMILES string of the molecule is CNCC1CCN(C(C)c2cc(Cl)sc2Cl)C1. The van der Waals surface area contributed by atoms with Crippen molar-refractivity contribution >= 4 is 34.5 Å². The van der Waals surface area contributed by atoms with Gasteiger partial charge in [-0.15, -0.1) is 11.3 Å². The molecule has 2 heterocycles. The highest BCUT2D eigenvalue weighted by molar-refractivity contribution is 7.20. The van der Waals surface area contributed by atoms with E-state index in [1.54, 1.807) is 0 Å². The number of hydrogen-bond acceptors (Lipinski definition) is 3. The van der Waals surface area contributed by atoms with Crippen LogP contribution in [0.3, 0.4) is 0 Å². The molecule has 2 nitrogen and oxygen atoms in total. The Bertz CT molecular complexity index is 381. The van der Waals surface area contributed by atoms with Crippen LogP contribution in [0, 0.1) is 5.92 Å². The second-order valence-electron chi connectivity index (χ2n) is 4.66. The zero-order chi connectivity index (χ0) is 12.4. The summed E-state index contributed by atoms with van der Waals surface area (Å²) < 4.78 is 1.61. The molecule has 1 saturated heterocycles. The molecule has 0 radical (unpaired) electrons. The topological polar surface area (TPSA) is 15.3 Å². The van der Waals surface area contributed by atoms with Crippen molar-refractivity contribution in [2.75, 3.05) is 26.7 Å². The molecule has 5 heteroatoms. The summed E-state index contributed by atoms with van der Waals surface area (Å²) in [4.78, 5) is 2.49. The van der Waals surface area contributed by atoms with Crippen molar-refractivity contribution in [3.8, 4) is 0 Å². The molecule has 2 rings (SSSR count). The molecular weight excluding hydrogens is 275 g/mol. The number of rotatable bonds is 4. The van der Waals surface area contributed by atoms with E-state index in [0.29, 0.717) is 6.04 Å². The minimum absolute atomic E-state index is 0.369. The van der Waals surface area contributed by atoms with E-state index in [4.69, 9.17) is 23.2 Å². The van der Waals surface area contributed by atoms with Gasteiger partial charge in [0.1, 0.15) is 0 Å². The molecule has 1 aliphatic rings. The van der Waals surface area contributed by atoms with Gasteiger partial charge in [-0.2, -0.15) is 0 Å². The maximum Gasteiger partial charge on any atom is 0.0991 e. The Balaban J connectivity index is 2.01. The second kappa shape index (κ2) is 5.89. The van der Waals surface area contributed by atoms with Crippen LogP contribution >= 0.6 is 34.5 Å². The Morgan fingerprint density at radius 3 is 2.94 bits per heavy atom. The van der Waals surface area contributed by atoms with Crippen LogP contribution in [-0.2, 0) is 0 Å². The summed E-state index contributed by atoms with van der Waals surface area (Å²) in [6.07, 6.45) is 1.26. The van der Waals surface area contributed by atoms with Gasteiger partial charge in [0.25, 0.3) is 0 Å². The number of thiophene rings is 1. The molecule has 1 aliphatic heterocycles. The van der Waals surface area contributed by atoms with Crippen molar-refractivity contribution in [3.05, 3.63) is 20.3 Å². The van der Waals surface area contributed by atoms with Gasteiger partial charge in [0, 0.05) is 18.2 Å². The summed E-state index contributed by atoms with van der Waals surface area (Å²) in [6, 6.07) is 2.37. The molecule has 1 fully saturated rings. The molecule has 0 aliphatic carbocycles. The highest BCUT2D eigenvalue weighted by Crippen LogP contribution is 2.38. The first-order valence-electron chi connectivity index (χ1n) is 5.95. The van der Waals surface area contributed by atoms with Gasteiger partial charge < -0.3 is 5.32 Å². The summed E-state index contributed by atoms with van der Waals surface area (Å²) >= 11 is 13.7. The highest BCUT2D eigenvalue weighted by atomic mass is 35.5. The van der Waals surface area contributed by atoms with Crippen LogP contribution < -0.4 is 5.32 Å². The van der Waals surface area contributed by atoms with E-state index in [-0.39, 0.29) is 0 Å². The van der Waals surface area contributed by atoms with Crippen molar-refractivity contribution in [2.24, 2.45) is 5.92 Å². The fraction of sp³-hybridized carbons (Fsp3) is 0.667. The normalized spacial score (nSPS) is 23.2. The quantitative estimate of drug-likeness (QED) is 0.911. The molecule has 1 aromatic heterocycles. The van der Waals surface area contributed by atoms with Gasteiger partial charge in [0.05, 0.1) is 8.67 Å². The third-order valence-corrected chi connectivity index (χ3v) is 5.01. The average molecular weight is 293 g/mol. The molecule has 1 N–H and O–H groups in total. The summed E-state index contributed by atoms with van der Waals surface area (Å²) in [5.41, 5.74) is 1.17. The molecular formula is C12H18Cl2N2S. The minimum atomic E-state index is 0.369. The van der Waals surface area contributed by atoms with E-state index in [0.717, 1.165) is 34.2 Å². The van der Waals surface area contributed by atoms with Crippen molar-refractivity contribution in [2.45, 2.75) is 19.4 Å². The van der Waals surface area contributed by atoms with Crippen LogP contribution in [0.4, 0.5) is 0 Å². The Hall–Kier alpha value is 0.200. The molecule has 2 unspecified atom stereocenters. The number of nitrogens with zero attached hydrogens (tertiary/aromatic N) is 1. The minimum Gasteiger partial charge on any atom is -0.319 e. The van der Waals surface area contributed by atoms with Gasteiger partial charge in [-0.1, -0.05) is 23.2 Å². The lowest BCUT2D eigenvalue weighted by molar-refractivity contribution is 0.253. The van der Waals surface area contributed by atoms with Crippen molar-refractivity contribution in [1.29, 1.82) is 0 Å². The second-order valence-corrected chi connectivity index (χ2v) is 6.95. The summed E-state index contributed by atoms with van der Waals surface area (Å²) in [5, 5.41) is 3.25. The lowest BCUT2D eigenvalue weighted by Gasteiger charge is -2.24. The van der Waals surface area contributed by atoms with Crippen molar-refractivity contribution in [3.63, 3.8) is 0 Å². The first kappa shape index (κ1) is 13.6. The molecule has 17 heavy (non-hydrogen) atoms. The van der Waals surface area contributed by atoms with Crippen LogP contribution in [0.15, 0.2) is 6.07 Å². The molecule has 0 saturated carbocycles. The Morgan fingerprint density at radius 2 is 2.35 bits per heavy atom. The van der Waals surface area contributed by atoms with Gasteiger partial charge >= 0.3 is 0 Å². The van der Waals surface area contributed by atoms with Crippen molar-refractivity contribution in [1.82, 2.24) is 10.2 Å². The smallest absolute Gasteiger partial charge is 0.0991 e. The largest absolute Gasteiger partial charge is 0.319 e. The number of hydrogen-bond donors (Lipinski definition) is 1. The van der Waals surface area contributed by atoms with Crippen LogP contribution in [0.2, 0.25) is 8.67 Å². The van der Waals surface area contributed by atoms with Crippen LogP contribution in [-0.4, -0.2) is 31.6 Å². The zero-order valence-corrected chi connectivity index (χ0v) is 12.5. The lowest BCUT2D eigenvalue weighted by atomic mass is 10.1. The Labute approximate surface area is 117 Å². The Morgan fingerprint density at radius 1 is 1.59 bits per heavy atom. The average Bonchev–Trinajstić information content (AvgIpc) is 2.85. The van der Waals surface area contributed by atoms with Gasteiger partial charge in [-0.25, -0.2) is 0 Å². The van der Waals surface area contributed by atoms with Crippen LogP contribution in [0.1, 0.15) is 24.9 Å². The fourth-order valence-corrected chi connectivity index (χ4v) is 4.14. The molecule has 2 atom stereocenters. The van der Waals surface area contributed by atoms with Crippen molar-refractivity contribution < 1.29 is 0 Å². The molecule has 0 spiro atoms. The Kier molecular flexibility index (Phi) is 4.72. The van der Waals surface area contributed by atoms with E-state index in [1.165, 1.54) is 23.3 Å². The monoisotopic (exact) mass is 292 g/mol. The first-order chi connectivity index (χ1) is 8.11. The molecule has 0 amide bonds. The van der Waals surface area contributed by atoms with E-state index < -0.39 is 0 Å². The molecule has 0 bridgehead atoms. The predicted octanol–water partition coefficient (Wildman–Crippen LogP) is 3.66. The van der Waals surface area contributed by atoms with E-state index >= 15 is 0 Å². The zero-order valence-electron chi connectivity index (χ0n) is 10.2. The summed E-state index contributed by atoms with van der Waals surface area (Å²) in [6.45, 7) is 5.61. The van der Waals surface area contributed by atoms with Gasteiger partial charge in [-0.3, -0.25) is 4.90 Å². The fourth-order valence-electron chi connectivity index (χ4n) is 2.50. The van der Waals surface area contributed by atoms with Gasteiger partial charge in [0.15, 0.2) is 0 Å². The van der Waals surface area contributed by atoms with E-state index in [2.05, 4.69) is 17.1 Å². The van der Waals surface area contributed by atoms with Crippen LogP contribution in [0.5, 0.6) is 0 Å². The predicted molar refractivity (Wildman–Crippen MR) is 76.4 cm³/mol. The number of likely N-dealkylation sites (tertiary alicyclic amines) is 1. The summed E-state index contributed by atoms with van der Waals surface area (Å²) in [5.74, 6) is 0.760. The summed E-state index contributed by atoms with van der Waals surface area (Å²) in [7, 11) is 2.02.